The van der Waals surface area contributed by atoms with Gasteiger partial charge in [-0.3, -0.25) is 0 Å². The lowest BCUT2D eigenvalue weighted by molar-refractivity contribution is 0.299. The quantitative estimate of drug-likeness (QED) is 0.724. The summed E-state index contributed by atoms with van der Waals surface area (Å²) in [5.41, 5.74) is 3.39. The molecule has 4 heteroatoms. The minimum absolute atomic E-state index is 0.190. The standard InChI is InChI=1S/C18H18N2OS/c21-11-10-14-6-8-16(9-7-14)19-12-17-13-20-18(22-17)15-4-2-1-3-5-15/h1-9,13,19,21H,10-12H2. The van der Waals surface area contributed by atoms with Gasteiger partial charge in [0.25, 0.3) is 0 Å². The van der Waals surface area contributed by atoms with Crippen LogP contribution in [0.1, 0.15) is 10.4 Å². The summed E-state index contributed by atoms with van der Waals surface area (Å²) in [6, 6.07) is 18.4. The summed E-state index contributed by atoms with van der Waals surface area (Å²) in [5, 5.41) is 13.4. The first-order valence-electron chi connectivity index (χ1n) is 7.29. The van der Waals surface area contributed by atoms with Crippen molar-refractivity contribution in [3.8, 4) is 10.6 Å². The molecule has 0 aliphatic carbocycles. The molecule has 3 nitrogen and oxygen atoms in total. The Balaban J connectivity index is 1.61. The minimum atomic E-state index is 0.190. The fourth-order valence-electron chi connectivity index (χ4n) is 2.21. The Morgan fingerprint density at radius 2 is 1.77 bits per heavy atom. The number of nitrogens with one attached hydrogen (secondary N) is 1. The van der Waals surface area contributed by atoms with E-state index in [1.807, 2.05) is 48.7 Å². The number of anilines is 1. The van der Waals surface area contributed by atoms with Gasteiger partial charge in [0.1, 0.15) is 5.01 Å². The highest BCUT2D eigenvalue weighted by molar-refractivity contribution is 7.15. The molecule has 2 N–H and O–H groups in total. The van der Waals surface area contributed by atoms with Crippen LogP contribution in [-0.4, -0.2) is 16.7 Å². The Morgan fingerprint density at radius 3 is 2.50 bits per heavy atom. The van der Waals surface area contributed by atoms with E-state index in [4.69, 9.17) is 5.11 Å². The molecule has 3 rings (SSSR count). The van der Waals surface area contributed by atoms with Crippen LogP contribution in [0.2, 0.25) is 0 Å². The first kappa shape index (κ1) is 14.8. The maximum absolute atomic E-state index is 8.92. The van der Waals surface area contributed by atoms with Crippen LogP contribution in [0.4, 0.5) is 5.69 Å². The highest BCUT2D eigenvalue weighted by atomic mass is 32.1. The molecule has 1 heterocycles. The summed E-state index contributed by atoms with van der Waals surface area (Å²) in [6.07, 6.45) is 2.63. The third-order valence-corrected chi connectivity index (χ3v) is 4.44. The van der Waals surface area contributed by atoms with Gasteiger partial charge < -0.3 is 10.4 Å². The predicted molar refractivity (Wildman–Crippen MR) is 92.1 cm³/mol. The van der Waals surface area contributed by atoms with E-state index in [9.17, 15) is 0 Å². The number of nitrogens with zero attached hydrogens (tertiary/aromatic N) is 1. The number of thiazole rings is 1. The van der Waals surface area contributed by atoms with Crippen molar-refractivity contribution < 1.29 is 5.11 Å². The number of aliphatic hydroxyl groups is 1. The zero-order chi connectivity index (χ0) is 15.2. The molecule has 0 spiro atoms. The SMILES string of the molecule is OCCc1ccc(NCc2cnc(-c3ccccc3)s2)cc1. The summed E-state index contributed by atoms with van der Waals surface area (Å²) in [6.45, 7) is 0.958. The lowest BCUT2D eigenvalue weighted by Gasteiger charge is -2.05. The Bertz CT molecular complexity index is 707. The minimum Gasteiger partial charge on any atom is -0.396 e. The molecule has 0 radical (unpaired) electrons. The Morgan fingerprint density at radius 1 is 1.00 bits per heavy atom. The molecule has 112 valence electrons. The molecule has 0 saturated carbocycles. The second-order valence-corrected chi connectivity index (χ2v) is 6.14. The Kier molecular flexibility index (Phi) is 4.83. The summed E-state index contributed by atoms with van der Waals surface area (Å²) >= 11 is 1.71. The molecule has 2 aromatic carbocycles. The first-order valence-corrected chi connectivity index (χ1v) is 8.10. The van der Waals surface area contributed by atoms with E-state index >= 15 is 0 Å². The lowest BCUT2D eigenvalue weighted by Crippen LogP contribution is -1.98. The third-order valence-electron chi connectivity index (χ3n) is 3.40. The number of aromatic nitrogens is 1. The van der Waals surface area contributed by atoms with Crippen molar-refractivity contribution in [2.24, 2.45) is 0 Å². The summed E-state index contributed by atoms with van der Waals surface area (Å²) < 4.78 is 0. The Labute approximate surface area is 134 Å². The van der Waals surface area contributed by atoms with Crippen molar-refractivity contribution in [2.45, 2.75) is 13.0 Å². The van der Waals surface area contributed by atoms with E-state index in [2.05, 4.69) is 22.4 Å². The molecule has 0 aliphatic rings. The van der Waals surface area contributed by atoms with Crippen LogP contribution in [0.5, 0.6) is 0 Å². The fraction of sp³-hybridized carbons (Fsp3) is 0.167. The van der Waals surface area contributed by atoms with Crippen LogP contribution < -0.4 is 5.32 Å². The van der Waals surface area contributed by atoms with Gasteiger partial charge >= 0.3 is 0 Å². The molecule has 0 atom stereocenters. The van der Waals surface area contributed by atoms with Gasteiger partial charge in [0.15, 0.2) is 0 Å². The largest absolute Gasteiger partial charge is 0.396 e. The summed E-state index contributed by atoms with van der Waals surface area (Å²) in [4.78, 5) is 5.69. The van der Waals surface area contributed by atoms with Crippen molar-refractivity contribution in [3.05, 3.63) is 71.2 Å². The number of aliphatic hydroxyl groups excluding tert-OH is 1. The van der Waals surface area contributed by atoms with E-state index < -0.39 is 0 Å². The average Bonchev–Trinajstić information content (AvgIpc) is 3.04. The van der Waals surface area contributed by atoms with E-state index in [1.165, 1.54) is 4.88 Å². The van der Waals surface area contributed by atoms with Gasteiger partial charge in [0, 0.05) is 28.9 Å². The average molecular weight is 310 g/mol. The normalized spacial score (nSPS) is 10.6. The second kappa shape index (κ2) is 7.20. The highest BCUT2D eigenvalue weighted by Crippen LogP contribution is 2.25. The van der Waals surface area contributed by atoms with Crippen LogP contribution in [0.15, 0.2) is 60.8 Å². The maximum atomic E-state index is 8.92. The second-order valence-electron chi connectivity index (χ2n) is 5.02. The van der Waals surface area contributed by atoms with Crippen molar-refractivity contribution in [2.75, 3.05) is 11.9 Å². The van der Waals surface area contributed by atoms with Crippen LogP contribution in [-0.2, 0) is 13.0 Å². The van der Waals surface area contributed by atoms with Crippen molar-refractivity contribution in [1.29, 1.82) is 0 Å². The zero-order valence-electron chi connectivity index (χ0n) is 12.2. The molecule has 1 aromatic heterocycles. The van der Waals surface area contributed by atoms with E-state index in [0.29, 0.717) is 6.42 Å². The van der Waals surface area contributed by atoms with Gasteiger partial charge in [0.05, 0.1) is 6.54 Å². The van der Waals surface area contributed by atoms with E-state index in [1.54, 1.807) is 11.3 Å². The molecule has 3 aromatic rings. The molecule has 0 saturated heterocycles. The molecule has 0 unspecified atom stereocenters. The summed E-state index contributed by atoms with van der Waals surface area (Å²) in [7, 11) is 0. The number of hydrogen-bond acceptors (Lipinski definition) is 4. The van der Waals surface area contributed by atoms with Crippen LogP contribution >= 0.6 is 11.3 Å². The van der Waals surface area contributed by atoms with E-state index in [-0.39, 0.29) is 6.61 Å². The van der Waals surface area contributed by atoms with Crippen LogP contribution in [0.25, 0.3) is 10.6 Å². The molecular formula is C18H18N2OS. The topological polar surface area (TPSA) is 45.1 Å². The maximum Gasteiger partial charge on any atom is 0.123 e. The molecule has 0 amide bonds. The number of hydrogen-bond donors (Lipinski definition) is 2. The van der Waals surface area contributed by atoms with Gasteiger partial charge in [-0.15, -0.1) is 11.3 Å². The number of rotatable bonds is 6. The van der Waals surface area contributed by atoms with E-state index in [0.717, 1.165) is 28.4 Å². The smallest absolute Gasteiger partial charge is 0.123 e. The lowest BCUT2D eigenvalue weighted by atomic mass is 10.1. The highest BCUT2D eigenvalue weighted by Gasteiger charge is 2.04. The predicted octanol–water partition coefficient (Wildman–Crippen LogP) is 3.96. The first-order chi connectivity index (χ1) is 10.8. The van der Waals surface area contributed by atoms with Gasteiger partial charge in [-0.05, 0) is 24.1 Å². The Hall–Kier alpha value is -2.17. The number of benzene rings is 2. The van der Waals surface area contributed by atoms with Gasteiger partial charge in [-0.1, -0.05) is 42.5 Å². The molecular weight excluding hydrogens is 292 g/mol. The molecule has 0 aliphatic heterocycles. The van der Waals surface area contributed by atoms with Crippen molar-refractivity contribution in [3.63, 3.8) is 0 Å². The van der Waals surface area contributed by atoms with Gasteiger partial charge in [0.2, 0.25) is 0 Å². The summed E-state index contributed by atoms with van der Waals surface area (Å²) in [5.74, 6) is 0. The zero-order valence-corrected chi connectivity index (χ0v) is 13.0. The molecule has 0 bridgehead atoms. The van der Waals surface area contributed by atoms with Crippen LogP contribution in [0, 0.1) is 0 Å². The molecule has 0 fully saturated rings. The monoisotopic (exact) mass is 310 g/mol. The van der Waals surface area contributed by atoms with Crippen LogP contribution in [0.3, 0.4) is 0 Å². The van der Waals surface area contributed by atoms with Crippen molar-refractivity contribution >= 4 is 17.0 Å². The van der Waals surface area contributed by atoms with Gasteiger partial charge in [-0.2, -0.15) is 0 Å². The fourth-order valence-corrected chi connectivity index (χ4v) is 3.07. The molecule has 22 heavy (non-hydrogen) atoms. The van der Waals surface area contributed by atoms with Crippen molar-refractivity contribution in [1.82, 2.24) is 4.98 Å². The van der Waals surface area contributed by atoms with Gasteiger partial charge in [-0.25, -0.2) is 4.98 Å². The third kappa shape index (κ3) is 3.72.